The number of hydrogen-bond donors (Lipinski definition) is 1. The van der Waals surface area contributed by atoms with Gasteiger partial charge in [0.15, 0.2) is 0 Å². The molecule has 9 nitrogen and oxygen atoms in total. The number of nitrogens with zero attached hydrogens (tertiary/aromatic N) is 4. The number of carbonyl (C=O) groups is 3. The molecule has 0 radical (unpaired) electrons. The molecule has 0 unspecified atom stereocenters. The minimum Gasteiger partial charge on any atom is -0.467 e. The number of amides is 3. The SMILES string of the molecule is COC(=O)[C@@H](C)NC(=O)N1CCC(c2ccn3ncc(C(=O)N4CCCC4)c3c2)CC1. The minimum absolute atomic E-state index is 0.0517. The summed E-state index contributed by atoms with van der Waals surface area (Å²) >= 11 is 0. The van der Waals surface area contributed by atoms with Crippen molar-refractivity contribution in [2.45, 2.75) is 44.6 Å². The van der Waals surface area contributed by atoms with E-state index in [0.29, 0.717) is 24.6 Å². The van der Waals surface area contributed by atoms with Crippen LogP contribution >= 0.6 is 0 Å². The number of pyridine rings is 1. The van der Waals surface area contributed by atoms with Gasteiger partial charge in [0.1, 0.15) is 6.04 Å². The third-order valence-corrected chi connectivity index (χ3v) is 6.32. The maximum absolute atomic E-state index is 12.9. The lowest BCUT2D eigenvalue weighted by Gasteiger charge is -2.32. The van der Waals surface area contributed by atoms with Gasteiger partial charge in [-0.3, -0.25) is 4.79 Å². The Morgan fingerprint density at radius 1 is 1.13 bits per heavy atom. The second-order valence-electron chi connectivity index (χ2n) is 8.30. The topological polar surface area (TPSA) is 96.2 Å². The number of ether oxygens (including phenoxy) is 1. The van der Waals surface area contributed by atoms with Gasteiger partial charge in [-0.05, 0) is 56.2 Å². The first kappa shape index (κ1) is 21.1. The summed E-state index contributed by atoms with van der Waals surface area (Å²) in [5, 5.41) is 7.03. The molecule has 4 heterocycles. The van der Waals surface area contributed by atoms with Gasteiger partial charge in [0.2, 0.25) is 0 Å². The Hall–Kier alpha value is -3.10. The summed E-state index contributed by atoms with van der Waals surface area (Å²) in [5.74, 6) is -0.107. The quantitative estimate of drug-likeness (QED) is 0.753. The summed E-state index contributed by atoms with van der Waals surface area (Å²) in [6, 6.07) is 3.19. The molecule has 0 spiro atoms. The van der Waals surface area contributed by atoms with Crippen molar-refractivity contribution in [2.24, 2.45) is 0 Å². The van der Waals surface area contributed by atoms with E-state index in [2.05, 4.69) is 21.2 Å². The highest BCUT2D eigenvalue weighted by atomic mass is 16.5. The Morgan fingerprint density at radius 3 is 2.52 bits per heavy atom. The molecule has 0 aliphatic carbocycles. The maximum atomic E-state index is 12.9. The molecule has 2 saturated heterocycles. The van der Waals surface area contributed by atoms with Crippen LogP contribution in [0.2, 0.25) is 0 Å². The van der Waals surface area contributed by atoms with E-state index in [1.165, 1.54) is 7.11 Å². The van der Waals surface area contributed by atoms with E-state index in [0.717, 1.165) is 49.9 Å². The molecular weight excluding hydrogens is 398 g/mol. The van der Waals surface area contributed by atoms with Gasteiger partial charge in [-0.2, -0.15) is 5.10 Å². The summed E-state index contributed by atoms with van der Waals surface area (Å²) in [6.45, 7) is 4.44. The van der Waals surface area contributed by atoms with E-state index in [-0.39, 0.29) is 11.9 Å². The van der Waals surface area contributed by atoms with Crippen LogP contribution in [-0.4, -0.2) is 76.7 Å². The lowest BCUT2D eigenvalue weighted by molar-refractivity contribution is -0.142. The second-order valence-corrected chi connectivity index (χ2v) is 8.30. The van der Waals surface area contributed by atoms with Gasteiger partial charge < -0.3 is 19.9 Å². The van der Waals surface area contributed by atoms with Crippen molar-refractivity contribution in [2.75, 3.05) is 33.3 Å². The van der Waals surface area contributed by atoms with Crippen molar-refractivity contribution >= 4 is 23.4 Å². The zero-order valence-corrected chi connectivity index (χ0v) is 18.0. The molecule has 9 heteroatoms. The zero-order valence-electron chi connectivity index (χ0n) is 18.0. The molecule has 2 aliphatic rings. The fraction of sp³-hybridized carbons (Fsp3) is 0.545. The largest absolute Gasteiger partial charge is 0.467 e. The van der Waals surface area contributed by atoms with Crippen LogP contribution in [0.3, 0.4) is 0 Å². The van der Waals surface area contributed by atoms with Crippen molar-refractivity contribution in [3.05, 3.63) is 35.7 Å². The second kappa shape index (κ2) is 8.95. The average molecular weight is 428 g/mol. The molecule has 3 amide bonds. The number of fused-ring (bicyclic) bond motifs is 1. The van der Waals surface area contributed by atoms with Gasteiger partial charge in [-0.15, -0.1) is 0 Å². The molecule has 2 aliphatic heterocycles. The maximum Gasteiger partial charge on any atom is 0.328 e. The number of carbonyl (C=O) groups excluding carboxylic acids is 3. The number of methoxy groups -OCH3 is 1. The molecule has 2 aromatic rings. The van der Waals surface area contributed by atoms with Gasteiger partial charge in [-0.1, -0.05) is 0 Å². The number of nitrogens with one attached hydrogen (secondary N) is 1. The summed E-state index contributed by atoms with van der Waals surface area (Å²) in [5.41, 5.74) is 2.64. The van der Waals surface area contributed by atoms with Crippen LogP contribution in [0.5, 0.6) is 0 Å². The van der Waals surface area contributed by atoms with Crippen LogP contribution in [-0.2, 0) is 9.53 Å². The van der Waals surface area contributed by atoms with Crippen molar-refractivity contribution < 1.29 is 19.1 Å². The number of piperidine rings is 1. The van der Waals surface area contributed by atoms with E-state index in [1.54, 1.807) is 22.5 Å². The highest BCUT2D eigenvalue weighted by Gasteiger charge is 2.27. The number of aromatic nitrogens is 2. The van der Waals surface area contributed by atoms with Crippen molar-refractivity contribution in [3.8, 4) is 0 Å². The molecular formula is C22H29N5O4. The van der Waals surface area contributed by atoms with Crippen LogP contribution < -0.4 is 5.32 Å². The standard InChI is InChI=1S/C22H29N5O4/c1-15(21(29)31-2)24-22(30)26-10-5-16(6-11-26)17-7-12-27-19(13-17)18(14-23-27)20(28)25-8-3-4-9-25/h7,12-16H,3-6,8-11H2,1-2H3,(H,24,30)/t15-/m1/s1. The Morgan fingerprint density at radius 2 is 1.84 bits per heavy atom. The van der Waals surface area contributed by atoms with Crippen molar-refractivity contribution in [1.29, 1.82) is 0 Å². The first-order valence-electron chi connectivity index (χ1n) is 10.9. The van der Waals surface area contributed by atoms with Crippen LogP contribution in [0.4, 0.5) is 4.79 Å². The molecule has 2 aromatic heterocycles. The van der Waals surface area contributed by atoms with E-state index >= 15 is 0 Å². The smallest absolute Gasteiger partial charge is 0.328 e. The van der Waals surface area contributed by atoms with Crippen molar-refractivity contribution in [1.82, 2.24) is 24.7 Å². The van der Waals surface area contributed by atoms with Crippen LogP contribution in [0.25, 0.3) is 5.52 Å². The highest BCUT2D eigenvalue weighted by Crippen LogP contribution is 2.29. The minimum atomic E-state index is -0.675. The highest BCUT2D eigenvalue weighted by molar-refractivity contribution is 6.00. The molecule has 0 bridgehead atoms. The van der Waals surface area contributed by atoms with Crippen LogP contribution in [0.15, 0.2) is 24.5 Å². The Bertz CT molecular complexity index is 973. The van der Waals surface area contributed by atoms with Gasteiger partial charge >= 0.3 is 12.0 Å². The number of urea groups is 1. The number of esters is 1. The summed E-state index contributed by atoms with van der Waals surface area (Å²) < 4.78 is 6.41. The fourth-order valence-electron chi connectivity index (χ4n) is 4.43. The first-order valence-corrected chi connectivity index (χ1v) is 10.9. The zero-order chi connectivity index (χ0) is 22.0. The summed E-state index contributed by atoms with van der Waals surface area (Å²) in [6.07, 6.45) is 7.32. The van der Waals surface area contributed by atoms with E-state index in [9.17, 15) is 14.4 Å². The lowest BCUT2D eigenvalue weighted by Crippen LogP contribution is -2.49. The number of rotatable bonds is 4. The monoisotopic (exact) mass is 427 g/mol. The number of likely N-dealkylation sites (tertiary alicyclic amines) is 2. The third kappa shape index (κ3) is 4.35. The van der Waals surface area contributed by atoms with E-state index < -0.39 is 12.0 Å². The summed E-state index contributed by atoms with van der Waals surface area (Å²) in [4.78, 5) is 40.4. The van der Waals surface area contributed by atoms with Gasteiger partial charge in [0, 0.05) is 32.4 Å². The van der Waals surface area contributed by atoms with Gasteiger partial charge in [0.05, 0.1) is 24.4 Å². The molecule has 166 valence electrons. The molecule has 4 rings (SSSR count). The van der Waals surface area contributed by atoms with Gasteiger partial charge in [0.25, 0.3) is 5.91 Å². The van der Waals surface area contributed by atoms with E-state index in [1.807, 2.05) is 17.2 Å². The van der Waals surface area contributed by atoms with Crippen LogP contribution in [0, 0.1) is 0 Å². The molecule has 1 N–H and O–H groups in total. The molecule has 1 atom stereocenters. The normalized spacial score (nSPS) is 18.3. The fourth-order valence-corrected chi connectivity index (χ4v) is 4.43. The lowest BCUT2D eigenvalue weighted by atomic mass is 9.89. The Kier molecular flexibility index (Phi) is 6.11. The molecule has 31 heavy (non-hydrogen) atoms. The predicted octanol–water partition coefficient (Wildman–Crippen LogP) is 2.02. The Balaban J connectivity index is 1.42. The third-order valence-electron chi connectivity index (χ3n) is 6.32. The number of hydrogen-bond acceptors (Lipinski definition) is 5. The molecule has 0 aromatic carbocycles. The van der Waals surface area contributed by atoms with Crippen LogP contribution in [0.1, 0.15) is 54.4 Å². The summed E-state index contributed by atoms with van der Waals surface area (Å²) in [7, 11) is 1.30. The first-order chi connectivity index (χ1) is 15.0. The van der Waals surface area contributed by atoms with E-state index in [4.69, 9.17) is 0 Å². The van der Waals surface area contributed by atoms with Crippen molar-refractivity contribution in [3.63, 3.8) is 0 Å². The average Bonchev–Trinajstić information content (AvgIpc) is 3.48. The predicted molar refractivity (Wildman–Crippen MR) is 114 cm³/mol. The molecule has 0 saturated carbocycles. The van der Waals surface area contributed by atoms with Gasteiger partial charge in [-0.25, -0.2) is 14.1 Å². The Labute approximate surface area is 181 Å². The molecule has 2 fully saturated rings.